The Balaban J connectivity index is 2.29. The summed E-state index contributed by atoms with van der Waals surface area (Å²) < 4.78 is 6.61. The fourth-order valence-electron chi connectivity index (χ4n) is 1.50. The van der Waals surface area contributed by atoms with Crippen molar-refractivity contribution in [2.45, 2.75) is 26.9 Å². The number of rotatable bonds is 7. The second kappa shape index (κ2) is 7.77. The molecule has 0 aromatic heterocycles. The van der Waals surface area contributed by atoms with Crippen molar-refractivity contribution in [2.24, 2.45) is 5.92 Å². The second-order valence-corrected chi connectivity index (χ2v) is 5.78. The zero-order valence-corrected chi connectivity index (χ0v) is 12.8. The van der Waals surface area contributed by atoms with E-state index in [0.29, 0.717) is 19.1 Å². The van der Waals surface area contributed by atoms with E-state index in [0.717, 1.165) is 22.3 Å². The van der Waals surface area contributed by atoms with Crippen LogP contribution in [0, 0.1) is 12.8 Å². The van der Waals surface area contributed by atoms with Gasteiger partial charge in [0.25, 0.3) is 0 Å². The van der Waals surface area contributed by atoms with Crippen molar-refractivity contribution >= 4 is 15.9 Å². The molecule has 0 saturated carbocycles. The first-order valence-electron chi connectivity index (χ1n) is 6.26. The normalized spacial score (nSPS) is 12.8. The Labute approximate surface area is 118 Å². The summed E-state index contributed by atoms with van der Waals surface area (Å²) in [6.45, 7) is 8.08. The highest BCUT2D eigenvalue weighted by Crippen LogP contribution is 2.21. The first kappa shape index (κ1) is 15.5. The number of hydrogen-bond donors (Lipinski definition) is 2. The molecule has 1 aromatic carbocycles. The molecule has 1 rings (SSSR count). The molecule has 4 heteroatoms. The van der Waals surface area contributed by atoms with Gasteiger partial charge in [-0.25, -0.2) is 0 Å². The van der Waals surface area contributed by atoms with Crippen LogP contribution in [0.25, 0.3) is 0 Å². The summed E-state index contributed by atoms with van der Waals surface area (Å²) in [5, 5.41) is 13.0. The predicted octanol–water partition coefficient (Wildman–Crippen LogP) is 2.74. The Morgan fingerprint density at radius 1 is 1.33 bits per heavy atom. The number of hydrogen-bond acceptors (Lipinski definition) is 3. The number of aliphatic hydroxyl groups is 1. The molecule has 0 heterocycles. The maximum absolute atomic E-state index is 9.75. The summed E-state index contributed by atoms with van der Waals surface area (Å²) in [4.78, 5) is 0. The van der Waals surface area contributed by atoms with E-state index in [-0.39, 0.29) is 0 Å². The number of aliphatic hydroxyl groups excluding tert-OH is 1. The quantitative estimate of drug-likeness (QED) is 0.813. The molecule has 2 N–H and O–H groups in total. The predicted molar refractivity (Wildman–Crippen MR) is 78.1 cm³/mol. The molecule has 102 valence electrons. The zero-order valence-electron chi connectivity index (χ0n) is 11.2. The van der Waals surface area contributed by atoms with Gasteiger partial charge < -0.3 is 15.2 Å². The van der Waals surface area contributed by atoms with E-state index in [1.807, 2.05) is 25.1 Å². The molecule has 0 saturated heterocycles. The molecule has 0 aliphatic carbocycles. The maximum atomic E-state index is 9.75. The van der Waals surface area contributed by atoms with Crippen LogP contribution < -0.4 is 10.1 Å². The van der Waals surface area contributed by atoms with Crippen molar-refractivity contribution in [1.29, 1.82) is 0 Å². The van der Waals surface area contributed by atoms with E-state index in [4.69, 9.17) is 4.74 Å². The standard InChI is InChI=1S/C14H22BrNO2/c1-10(2)7-16-8-12(17)9-18-13-4-5-14(15)11(3)6-13/h4-6,10,12,16-17H,7-9H2,1-3H3. The van der Waals surface area contributed by atoms with Gasteiger partial charge >= 0.3 is 0 Å². The van der Waals surface area contributed by atoms with Crippen molar-refractivity contribution in [2.75, 3.05) is 19.7 Å². The molecule has 0 spiro atoms. The van der Waals surface area contributed by atoms with Gasteiger partial charge in [-0.05, 0) is 43.1 Å². The number of ether oxygens (including phenoxy) is 1. The molecular weight excluding hydrogens is 294 g/mol. The van der Waals surface area contributed by atoms with Crippen molar-refractivity contribution < 1.29 is 9.84 Å². The van der Waals surface area contributed by atoms with Crippen LogP contribution in [-0.2, 0) is 0 Å². The summed E-state index contributed by atoms with van der Waals surface area (Å²) >= 11 is 3.44. The summed E-state index contributed by atoms with van der Waals surface area (Å²) in [7, 11) is 0. The van der Waals surface area contributed by atoms with Gasteiger partial charge in [0.2, 0.25) is 0 Å². The van der Waals surface area contributed by atoms with E-state index in [2.05, 4.69) is 35.1 Å². The Morgan fingerprint density at radius 2 is 2.06 bits per heavy atom. The van der Waals surface area contributed by atoms with Gasteiger partial charge in [0.15, 0.2) is 0 Å². The van der Waals surface area contributed by atoms with E-state index >= 15 is 0 Å². The molecule has 1 atom stereocenters. The van der Waals surface area contributed by atoms with E-state index in [9.17, 15) is 5.11 Å². The van der Waals surface area contributed by atoms with Crippen LogP contribution in [0.5, 0.6) is 5.75 Å². The first-order chi connectivity index (χ1) is 8.49. The Hall–Kier alpha value is -0.580. The highest BCUT2D eigenvalue weighted by atomic mass is 79.9. The highest BCUT2D eigenvalue weighted by Gasteiger charge is 2.06. The van der Waals surface area contributed by atoms with Crippen LogP contribution in [0.1, 0.15) is 19.4 Å². The Kier molecular flexibility index (Phi) is 6.68. The average Bonchev–Trinajstić information content (AvgIpc) is 2.30. The van der Waals surface area contributed by atoms with Crippen LogP contribution in [0.15, 0.2) is 22.7 Å². The second-order valence-electron chi connectivity index (χ2n) is 4.93. The van der Waals surface area contributed by atoms with Crippen molar-refractivity contribution in [1.82, 2.24) is 5.32 Å². The molecule has 0 radical (unpaired) electrons. The smallest absolute Gasteiger partial charge is 0.119 e. The largest absolute Gasteiger partial charge is 0.491 e. The van der Waals surface area contributed by atoms with Crippen LogP contribution in [0.2, 0.25) is 0 Å². The minimum atomic E-state index is -0.479. The van der Waals surface area contributed by atoms with Gasteiger partial charge in [-0.15, -0.1) is 0 Å². The van der Waals surface area contributed by atoms with Crippen LogP contribution in [0.4, 0.5) is 0 Å². The molecule has 18 heavy (non-hydrogen) atoms. The average molecular weight is 316 g/mol. The van der Waals surface area contributed by atoms with Gasteiger partial charge in [-0.2, -0.15) is 0 Å². The molecular formula is C14H22BrNO2. The molecule has 0 aliphatic rings. The lowest BCUT2D eigenvalue weighted by molar-refractivity contribution is 0.106. The van der Waals surface area contributed by atoms with Crippen LogP contribution >= 0.6 is 15.9 Å². The SMILES string of the molecule is Cc1cc(OCC(O)CNCC(C)C)ccc1Br. The maximum Gasteiger partial charge on any atom is 0.119 e. The lowest BCUT2D eigenvalue weighted by Gasteiger charge is -2.14. The fraction of sp³-hybridized carbons (Fsp3) is 0.571. The third-order valence-corrected chi connectivity index (χ3v) is 3.39. The van der Waals surface area contributed by atoms with Crippen LogP contribution in [-0.4, -0.2) is 30.9 Å². The molecule has 0 bridgehead atoms. The number of aryl methyl sites for hydroxylation is 1. The van der Waals surface area contributed by atoms with E-state index < -0.39 is 6.10 Å². The Morgan fingerprint density at radius 3 is 2.67 bits per heavy atom. The van der Waals surface area contributed by atoms with Gasteiger partial charge in [-0.3, -0.25) is 0 Å². The molecule has 1 aromatic rings. The monoisotopic (exact) mass is 315 g/mol. The minimum Gasteiger partial charge on any atom is -0.491 e. The van der Waals surface area contributed by atoms with Crippen molar-refractivity contribution in [3.05, 3.63) is 28.2 Å². The lowest BCUT2D eigenvalue weighted by Crippen LogP contribution is -2.33. The number of nitrogens with one attached hydrogen (secondary N) is 1. The number of halogens is 1. The summed E-state index contributed by atoms with van der Waals surface area (Å²) in [6.07, 6.45) is -0.479. The van der Waals surface area contributed by atoms with E-state index in [1.54, 1.807) is 0 Å². The third kappa shape index (κ3) is 5.85. The Bertz CT molecular complexity index is 369. The molecule has 0 fully saturated rings. The van der Waals surface area contributed by atoms with Gasteiger partial charge in [0, 0.05) is 11.0 Å². The van der Waals surface area contributed by atoms with Crippen molar-refractivity contribution in [3.63, 3.8) is 0 Å². The molecule has 0 aliphatic heterocycles. The van der Waals surface area contributed by atoms with Crippen LogP contribution in [0.3, 0.4) is 0 Å². The minimum absolute atomic E-state index is 0.312. The fourth-order valence-corrected chi connectivity index (χ4v) is 1.74. The molecule has 0 amide bonds. The topological polar surface area (TPSA) is 41.5 Å². The van der Waals surface area contributed by atoms with Gasteiger partial charge in [-0.1, -0.05) is 29.8 Å². The lowest BCUT2D eigenvalue weighted by atomic mass is 10.2. The zero-order chi connectivity index (χ0) is 13.5. The summed E-state index contributed by atoms with van der Waals surface area (Å²) in [5.41, 5.74) is 1.12. The summed E-state index contributed by atoms with van der Waals surface area (Å²) in [6, 6.07) is 5.80. The number of benzene rings is 1. The van der Waals surface area contributed by atoms with Gasteiger partial charge in [0.05, 0.1) is 0 Å². The first-order valence-corrected chi connectivity index (χ1v) is 7.06. The highest BCUT2D eigenvalue weighted by molar-refractivity contribution is 9.10. The molecule has 1 unspecified atom stereocenters. The van der Waals surface area contributed by atoms with Gasteiger partial charge in [0.1, 0.15) is 18.5 Å². The summed E-state index contributed by atoms with van der Waals surface area (Å²) in [5.74, 6) is 1.38. The molecule has 3 nitrogen and oxygen atoms in total. The van der Waals surface area contributed by atoms with E-state index in [1.165, 1.54) is 0 Å². The third-order valence-electron chi connectivity index (χ3n) is 2.50. The van der Waals surface area contributed by atoms with Crippen molar-refractivity contribution in [3.8, 4) is 5.75 Å².